The van der Waals surface area contributed by atoms with Crippen LogP contribution in [0.5, 0.6) is 0 Å². The van der Waals surface area contributed by atoms with E-state index in [9.17, 15) is 14.4 Å². The van der Waals surface area contributed by atoms with E-state index in [1.54, 1.807) is 23.9 Å². The number of imidazole rings is 1. The van der Waals surface area contributed by atoms with E-state index in [-0.39, 0.29) is 23.3 Å². The fourth-order valence-electron chi connectivity index (χ4n) is 3.65. The van der Waals surface area contributed by atoms with Crippen LogP contribution in [0.4, 0.5) is 0 Å². The van der Waals surface area contributed by atoms with Crippen LogP contribution in [0.3, 0.4) is 0 Å². The van der Waals surface area contributed by atoms with Crippen molar-refractivity contribution in [3.05, 3.63) is 68.0 Å². The molecule has 11 heteroatoms. The molecule has 4 aromatic heterocycles. The molecule has 1 N–H and O–H groups in total. The highest BCUT2D eigenvalue weighted by Crippen LogP contribution is 2.14. The number of aromatic nitrogens is 7. The van der Waals surface area contributed by atoms with Gasteiger partial charge >= 0.3 is 11.7 Å². The fraction of sp³-hybridized carbons (Fsp3) is 0.364. The zero-order chi connectivity index (χ0) is 23.7. The Labute approximate surface area is 188 Å². The average molecular weight is 451 g/mol. The SMILES string of the molecule is CCCCn1c(=O)[nH]c(=O)c2c1nc(COC(=O)c1ccc(-n3nc(C)cc3C)nc1)n2C. The number of pyridine rings is 1. The predicted octanol–water partition coefficient (Wildman–Crippen LogP) is 1.78. The highest BCUT2D eigenvalue weighted by Gasteiger charge is 2.18. The molecule has 4 heterocycles. The second-order valence-electron chi connectivity index (χ2n) is 7.84. The second kappa shape index (κ2) is 8.85. The maximum atomic E-state index is 12.5. The number of carbonyl (C=O) groups excluding carboxylic acids is 1. The van der Waals surface area contributed by atoms with Gasteiger partial charge in [0.05, 0.1) is 11.3 Å². The van der Waals surface area contributed by atoms with Gasteiger partial charge in [0.2, 0.25) is 0 Å². The van der Waals surface area contributed by atoms with Crippen LogP contribution in [0.25, 0.3) is 17.0 Å². The molecular formula is C22H25N7O4. The minimum absolute atomic E-state index is 0.162. The van der Waals surface area contributed by atoms with Crippen LogP contribution < -0.4 is 11.2 Å². The molecule has 0 unspecified atom stereocenters. The summed E-state index contributed by atoms with van der Waals surface area (Å²) in [5.74, 6) is 0.371. The highest BCUT2D eigenvalue weighted by atomic mass is 16.5. The Morgan fingerprint density at radius 3 is 2.64 bits per heavy atom. The van der Waals surface area contributed by atoms with E-state index in [2.05, 4.69) is 20.1 Å². The molecule has 0 spiro atoms. The molecule has 4 aromatic rings. The van der Waals surface area contributed by atoms with E-state index in [0.29, 0.717) is 18.2 Å². The molecule has 33 heavy (non-hydrogen) atoms. The highest BCUT2D eigenvalue weighted by molar-refractivity contribution is 5.89. The first-order chi connectivity index (χ1) is 15.8. The molecule has 0 aliphatic carbocycles. The Kier molecular flexibility index (Phi) is 5.95. The van der Waals surface area contributed by atoms with Crippen LogP contribution in [0.2, 0.25) is 0 Å². The van der Waals surface area contributed by atoms with Gasteiger partial charge in [0.25, 0.3) is 5.56 Å². The Bertz CT molecular complexity index is 1440. The van der Waals surface area contributed by atoms with Gasteiger partial charge in [0.15, 0.2) is 17.0 Å². The van der Waals surface area contributed by atoms with Crippen molar-refractivity contribution in [2.24, 2.45) is 7.05 Å². The van der Waals surface area contributed by atoms with Gasteiger partial charge < -0.3 is 9.30 Å². The van der Waals surface area contributed by atoms with Crippen molar-refractivity contribution in [3.8, 4) is 5.82 Å². The van der Waals surface area contributed by atoms with Crippen molar-refractivity contribution in [3.63, 3.8) is 0 Å². The van der Waals surface area contributed by atoms with Gasteiger partial charge in [-0.1, -0.05) is 13.3 Å². The molecule has 0 atom stereocenters. The fourth-order valence-corrected chi connectivity index (χ4v) is 3.65. The molecule has 172 valence electrons. The Morgan fingerprint density at radius 2 is 2.00 bits per heavy atom. The molecule has 0 aromatic carbocycles. The van der Waals surface area contributed by atoms with E-state index in [0.717, 1.165) is 24.2 Å². The van der Waals surface area contributed by atoms with Crippen LogP contribution >= 0.6 is 0 Å². The number of carbonyl (C=O) groups is 1. The standard InChI is InChI=1S/C22H25N7O4/c1-5-6-9-28-19-18(20(30)25-22(28)32)27(4)17(24-19)12-33-21(31)15-7-8-16(23-11-15)29-14(3)10-13(2)26-29/h7-8,10-11H,5-6,9,12H2,1-4H3,(H,25,30,32). The van der Waals surface area contributed by atoms with Crippen molar-refractivity contribution in [2.45, 2.75) is 46.8 Å². The Morgan fingerprint density at radius 1 is 1.21 bits per heavy atom. The smallest absolute Gasteiger partial charge is 0.340 e. The number of fused-ring (bicyclic) bond motifs is 1. The molecule has 0 amide bonds. The summed E-state index contributed by atoms with van der Waals surface area (Å²) < 4.78 is 10.1. The van der Waals surface area contributed by atoms with Crippen molar-refractivity contribution in [2.75, 3.05) is 0 Å². The normalized spacial score (nSPS) is 11.3. The van der Waals surface area contributed by atoms with Crippen molar-refractivity contribution in [1.82, 2.24) is 33.9 Å². The van der Waals surface area contributed by atoms with Crippen LogP contribution in [-0.4, -0.2) is 39.8 Å². The number of nitrogens with one attached hydrogen (secondary N) is 1. The van der Waals surface area contributed by atoms with E-state index < -0.39 is 17.2 Å². The summed E-state index contributed by atoms with van der Waals surface area (Å²) in [6.07, 6.45) is 3.08. The average Bonchev–Trinajstić information content (AvgIpc) is 3.30. The largest absolute Gasteiger partial charge is 0.454 e. The molecule has 0 aliphatic rings. The summed E-state index contributed by atoms with van der Waals surface area (Å²) in [7, 11) is 1.65. The number of hydrogen-bond acceptors (Lipinski definition) is 7. The first-order valence-corrected chi connectivity index (χ1v) is 10.7. The van der Waals surface area contributed by atoms with Gasteiger partial charge in [-0.15, -0.1) is 0 Å². The van der Waals surface area contributed by atoms with Crippen LogP contribution in [-0.2, 0) is 24.9 Å². The molecular weight excluding hydrogens is 426 g/mol. The lowest BCUT2D eigenvalue weighted by atomic mass is 10.3. The van der Waals surface area contributed by atoms with Crippen molar-refractivity contribution < 1.29 is 9.53 Å². The molecule has 0 bridgehead atoms. The maximum absolute atomic E-state index is 12.5. The number of nitrogens with zero attached hydrogens (tertiary/aromatic N) is 6. The third kappa shape index (κ3) is 4.21. The van der Waals surface area contributed by atoms with Crippen LogP contribution in [0.15, 0.2) is 34.0 Å². The molecule has 0 radical (unpaired) electrons. The number of aryl methyl sites for hydroxylation is 4. The van der Waals surface area contributed by atoms with Crippen LogP contribution in [0.1, 0.15) is 47.3 Å². The quantitative estimate of drug-likeness (QED) is 0.424. The summed E-state index contributed by atoms with van der Waals surface area (Å²) in [5.41, 5.74) is 1.59. The summed E-state index contributed by atoms with van der Waals surface area (Å²) in [5, 5.41) is 4.37. The number of rotatable bonds is 7. The zero-order valence-corrected chi connectivity index (χ0v) is 19.0. The van der Waals surface area contributed by atoms with Gasteiger partial charge in [0, 0.05) is 25.5 Å². The molecule has 4 rings (SSSR count). The third-order valence-corrected chi connectivity index (χ3v) is 5.38. The number of ether oxygens (including phenoxy) is 1. The molecule has 11 nitrogen and oxygen atoms in total. The topological polar surface area (TPSA) is 130 Å². The Hall–Kier alpha value is -4.02. The number of esters is 1. The van der Waals surface area contributed by atoms with E-state index in [1.807, 2.05) is 26.8 Å². The van der Waals surface area contributed by atoms with E-state index >= 15 is 0 Å². The lowest BCUT2D eigenvalue weighted by molar-refractivity contribution is 0.0459. The number of hydrogen-bond donors (Lipinski definition) is 1. The summed E-state index contributed by atoms with van der Waals surface area (Å²) >= 11 is 0. The lowest BCUT2D eigenvalue weighted by Crippen LogP contribution is -2.31. The Balaban J connectivity index is 1.54. The molecule has 0 saturated carbocycles. The third-order valence-electron chi connectivity index (χ3n) is 5.38. The van der Waals surface area contributed by atoms with Gasteiger partial charge in [-0.25, -0.2) is 24.2 Å². The second-order valence-corrected chi connectivity index (χ2v) is 7.84. The zero-order valence-electron chi connectivity index (χ0n) is 19.0. The minimum Gasteiger partial charge on any atom is -0.454 e. The van der Waals surface area contributed by atoms with Gasteiger partial charge in [-0.3, -0.25) is 14.3 Å². The van der Waals surface area contributed by atoms with Crippen LogP contribution in [0, 0.1) is 13.8 Å². The molecule has 0 saturated heterocycles. The molecule has 0 fully saturated rings. The van der Waals surface area contributed by atoms with Crippen molar-refractivity contribution >= 4 is 17.1 Å². The van der Waals surface area contributed by atoms with Gasteiger partial charge in [-0.2, -0.15) is 5.10 Å². The summed E-state index contributed by atoms with van der Waals surface area (Å²) in [4.78, 5) is 48.2. The summed E-state index contributed by atoms with van der Waals surface area (Å²) in [6, 6.07) is 5.24. The molecule has 0 aliphatic heterocycles. The number of H-pyrrole nitrogens is 1. The van der Waals surface area contributed by atoms with Crippen molar-refractivity contribution in [1.29, 1.82) is 0 Å². The van der Waals surface area contributed by atoms with E-state index in [4.69, 9.17) is 4.74 Å². The maximum Gasteiger partial charge on any atom is 0.340 e. The first-order valence-electron chi connectivity index (χ1n) is 10.7. The number of aromatic amines is 1. The first kappa shape index (κ1) is 22.2. The monoisotopic (exact) mass is 451 g/mol. The minimum atomic E-state index is -0.577. The number of unbranched alkanes of at least 4 members (excludes halogenated alkanes) is 1. The summed E-state index contributed by atoms with van der Waals surface area (Å²) in [6.45, 7) is 6.10. The van der Waals surface area contributed by atoms with Gasteiger partial charge in [-0.05, 0) is 38.5 Å². The lowest BCUT2D eigenvalue weighted by Gasteiger charge is -2.06. The van der Waals surface area contributed by atoms with Gasteiger partial charge in [0.1, 0.15) is 12.4 Å². The predicted molar refractivity (Wildman–Crippen MR) is 120 cm³/mol. The van der Waals surface area contributed by atoms with E-state index in [1.165, 1.54) is 15.3 Å².